The van der Waals surface area contributed by atoms with E-state index in [-0.39, 0.29) is 11.5 Å². The van der Waals surface area contributed by atoms with E-state index < -0.39 is 0 Å². The lowest BCUT2D eigenvalue weighted by atomic mass is 10.0. The van der Waals surface area contributed by atoms with Crippen molar-refractivity contribution in [2.45, 2.75) is 32.7 Å². The minimum absolute atomic E-state index is 0.0623. The molecule has 0 aliphatic rings. The van der Waals surface area contributed by atoms with Gasteiger partial charge in [0.15, 0.2) is 0 Å². The molecule has 88 valence electrons. The largest absolute Gasteiger partial charge is 0.465 e. The highest BCUT2D eigenvalue weighted by Crippen LogP contribution is 2.18. The molecule has 1 rings (SSSR count). The number of anilines is 1. The number of carbonyl (C=O) groups excluding carboxylic acids is 1. The quantitative estimate of drug-likeness (QED) is 0.794. The van der Waals surface area contributed by atoms with Crippen LogP contribution in [0.5, 0.6) is 0 Å². The highest BCUT2D eigenvalue weighted by atomic mass is 16.5. The Morgan fingerprint density at radius 3 is 2.31 bits per heavy atom. The van der Waals surface area contributed by atoms with E-state index in [2.05, 4.69) is 30.8 Å². The molecule has 0 radical (unpaired) electrons. The summed E-state index contributed by atoms with van der Waals surface area (Å²) in [6.07, 6.45) is 1.03. The van der Waals surface area contributed by atoms with Gasteiger partial charge in [0.05, 0.1) is 12.7 Å². The summed E-state index contributed by atoms with van der Waals surface area (Å²) in [5.74, 6) is -0.304. The molecule has 0 unspecified atom stereocenters. The molecule has 3 nitrogen and oxygen atoms in total. The number of rotatable bonds is 4. The number of nitrogens with one attached hydrogen (secondary N) is 1. The number of ether oxygens (including phenoxy) is 1. The van der Waals surface area contributed by atoms with Gasteiger partial charge < -0.3 is 10.1 Å². The first kappa shape index (κ1) is 12.6. The maximum Gasteiger partial charge on any atom is 0.337 e. The molecule has 3 heteroatoms. The van der Waals surface area contributed by atoms with E-state index in [0.29, 0.717) is 5.56 Å². The van der Waals surface area contributed by atoms with Crippen LogP contribution in [0.4, 0.5) is 5.69 Å². The van der Waals surface area contributed by atoms with Crippen molar-refractivity contribution in [3.05, 3.63) is 29.8 Å². The molecule has 0 fully saturated rings. The van der Waals surface area contributed by atoms with Crippen LogP contribution in [0.3, 0.4) is 0 Å². The molecule has 0 aromatic heterocycles. The first-order valence-electron chi connectivity index (χ1n) is 5.45. The van der Waals surface area contributed by atoms with Gasteiger partial charge in [-0.1, -0.05) is 6.92 Å². The summed E-state index contributed by atoms with van der Waals surface area (Å²) >= 11 is 0. The summed E-state index contributed by atoms with van der Waals surface area (Å²) in [4.78, 5) is 11.2. The number of esters is 1. The minimum atomic E-state index is -0.304. The third kappa shape index (κ3) is 3.26. The van der Waals surface area contributed by atoms with E-state index in [1.165, 1.54) is 7.11 Å². The van der Waals surface area contributed by atoms with Crippen LogP contribution in [0.1, 0.15) is 37.6 Å². The Bertz CT molecular complexity index is 355. The molecule has 0 aliphatic heterocycles. The molecule has 0 amide bonds. The molecule has 0 saturated heterocycles. The summed E-state index contributed by atoms with van der Waals surface area (Å²) in [6, 6.07) is 7.31. The zero-order chi connectivity index (χ0) is 12.2. The summed E-state index contributed by atoms with van der Waals surface area (Å²) in [5.41, 5.74) is 1.65. The molecule has 0 saturated carbocycles. The Labute approximate surface area is 96.8 Å². The number of hydrogen-bond acceptors (Lipinski definition) is 3. The first-order valence-corrected chi connectivity index (χ1v) is 5.45. The van der Waals surface area contributed by atoms with Gasteiger partial charge in [0, 0.05) is 11.2 Å². The monoisotopic (exact) mass is 221 g/mol. The van der Waals surface area contributed by atoms with Gasteiger partial charge in [-0.2, -0.15) is 0 Å². The minimum Gasteiger partial charge on any atom is -0.465 e. The lowest BCUT2D eigenvalue weighted by molar-refractivity contribution is 0.0601. The number of hydrogen-bond donors (Lipinski definition) is 1. The third-order valence-corrected chi connectivity index (χ3v) is 2.67. The van der Waals surface area contributed by atoms with E-state index in [1.54, 1.807) is 12.1 Å². The van der Waals surface area contributed by atoms with E-state index in [4.69, 9.17) is 0 Å². The van der Waals surface area contributed by atoms with Crippen molar-refractivity contribution < 1.29 is 9.53 Å². The van der Waals surface area contributed by atoms with Crippen molar-refractivity contribution in [1.29, 1.82) is 0 Å². The third-order valence-electron chi connectivity index (χ3n) is 2.67. The fourth-order valence-electron chi connectivity index (χ4n) is 1.29. The van der Waals surface area contributed by atoms with Gasteiger partial charge in [-0.25, -0.2) is 4.79 Å². The number of benzene rings is 1. The second-order valence-corrected chi connectivity index (χ2v) is 4.43. The second-order valence-electron chi connectivity index (χ2n) is 4.43. The summed E-state index contributed by atoms with van der Waals surface area (Å²) in [5, 5.41) is 3.40. The Kier molecular flexibility index (Phi) is 3.93. The smallest absolute Gasteiger partial charge is 0.337 e. The van der Waals surface area contributed by atoms with Crippen LogP contribution >= 0.6 is 0 Å². The van der Waals surface area contributed by atoms with Crippen LogP contribution in [0, 0.1) is 0 Å². The van der Waals surface area contributed by atoms with E-state index >= 15 is 0 Å². The summed E-state index contributed by atoms with van der Waals surface area (Å²) in [6.45, 7) is 6.41. The summed E-state index contributed by atoms with van der Waals surface area (Å²) < 4.78 is 4.64. The fraction of sp³-hybridized carbons (Fsp3) is 0.462. The maximum atomic E-state index is 11.2. The molecule has 0 atom stereocenters. The van der Waals surface area contributed by atoms with Crippen LogP contribution < -0.4 is 5.32 Å². The van der Waals surface area contributed by atoms with Gasteiger partial charge in [-0.05, 0) is 44.5 Å². The zero-order valence-corrected chi connectivity index (χ0v) is 10.3. The predicted molar refractivity (Wildman–Crippen MR) is 65.8 cm³/mol. The molecule has 0 heterocycles. The van der Waals surface area contributed by atoms with Gasteiger partial charge in [-0.15, -0.1) is 0 Å². The Balaban J connectivity index is 2.76. The lowest BCUT2D eigenvalue weighted by Gasteiger charge is -2.25. The molecule has 1 N–H and O–H groups in total. The van der Waals surface area contributed by atoms with Gasteiger partial charge in [0.2, 0.25) is 0 Å². The second kappa shape index (κ2) is 5.01. The highest BCUT2D eigenvalue weighted by Gasteiger charge is 2.14. The molecule has 0 aliphatic carbocycles. The van der Waals surface area contributed by atoms with Crippen LogP contribution in [0.2, 0.25) is 0 Å². The molecule has 1 aromatic rings. The van der Waals surface area contributed by atoms with Crippen LogP contribution in [-0.2, 0) is 4.74 Å². The van der Waals surface area contributed by atoms with Crippen molar-refractivity contribution >= 4 is 11.7 Å². The molecular formula is C13H19NO2. The SMILES string of the molecule is CCC(C)(C)Nc1ccc(C(=O)OC)cc1. The fourth-order valence-corrected chi connectivity index (χ4v) is 1.29. The summed E-state index contributed by atoms with van der Waals surface area (Å²) in [7, 11) is 1.38. The zero-order valence-electron chi connectivity index (χ0n) is 10.3. The standard InChI is InChI=1S/C13H19NO2/c1-5-13(2,3)14-11-8-6-10(7-9-11)12(15)16-4/h6-9,14H,5H2,1-4H3. The molecule has 0 spiro atoms. The highest BCUT2D eigenvalue weighted by molar-refractivity contribution is 5.89. The molecule has 16 heavy (non-hydrogen) atoms. The van der Waals surface area contributed by atoms with E-state index in [9.17, 15) is 4.79 Å². The number of carbonyl (C=O) groups is 1. The van der Waals surface area contributed by atoms with E-state index in [0.717, 1.165) is 12.1 Å². The van der Waals surface area contributed by atoms with Crippen LogP contribution in [0.25, 0.3) is 0 Å². The van der Waals surface area contributed by atoms with Crippen molar-refractivity contribution in [2.24, 2.45) is 0 Å². The number of methoxy groups -OCH3 is 1. The predicted octanol–water partition coefficient (Wildman–Crippen LogP) is 3.07. The van der Waals surface area contributed by atoms with Gasteiger partial charge >= 0.3 is 5.97 Å². The average Bonchev–Trinajstić information content (AvgIpc) is 2.28. The Morgan fingerprint density at radius 2 is 1.88 bits per heavy atom. The van der Waals surface area contributed by atoms with Gasteiger partial charge in [-0.3, -0.25) is 0 Å². The van der Waals surface area contributed by atoms with E-state index in [1.807, 2.05) is 12.1 Å². The van der Waals surface area contributed by atoms with Gasteiger partial charge in [0.25, 0.3) is 0 Å². The lowest BCUT2D eigenvalue weighted by Crippen LogP contribution is -2.29. The van der Waals surface area contributed by atoms with Gasteiger partial charge in [0.1, 0.15) is 0 Å². The normalized spacial score (nSPS) is 11.0. The first-order chi connectivity index (χ1) is 7.48. The van der Waals surface area contributed by atoms with Crippen LogP contribution in [0.15, 0.2) is 24.3 Å². The van der Waals surface area contributed by atoms with Crippen molar-refractivity contribution in [3.63, 3.8) is 0 Å². The molecule has 0 bridgehead atoms. The molecular weight excluding hydrogens is 202 g/mol. The Hall–Kier alpha value is -1.51. The van der Waals surface area contributed by atoms with Crippen molar-refractivity contribution in [1.82, 2.24) is 0 Å². The van der Waals surface area contributed by atoms with Crippen molar-refractivity contribution in [3.8, 4) is 0 Å². The average molecular weight is 221 g/mol. The molecule has 1 aromatic carbocycles. The maximum absolute atomic E-state index is 11.2. The van der Waals surface area contributed by atoms with Crippen LogP contribution in [-0.4, -0.2) is 18.6 Å². The topological polar surface area (TPSA) is 38.3 Å². The van der Waals surface area contributed by atoms with Crippen molar-refractivity contribution in [2.75, 3.05) is 12.4 Å². The Morgan fingerprint density at radius 1 is 1.31 bits per heavy atom.